The van der Waals surface area contributed by atoms with Gasteiger partial charge in [-0.05, 0) is 6.07 Å². The highest BCUT2D eigenvalue weighted by molar-refractivity contribution is 5.89. The molecule has 100 valence electrons. The summed E-state index contributed by atoms with van der Waals surface area (Å²) in [5.41, 5.74) is -0.616. The van der Waals surface area contributed by atoms with Gasteiger partial charge in [-0.2, -0.15) is 13.2 Å². The van der Waals surface area contributed by atoms with E-state index in [1.165, 1.54) is 0 Å². The molecule has 1 rings (SSSR count). The van der Waals surface area contributed by atoms with E-state index in [-0.39, 0.29) is 5.75 Å². The molecule has 0 atom stereocenters. The number of carboxylic acid groups (broad SMARTS) is 1. The zero-order valence-corrected chi connectivity index (χ0v) is 9.01. The minimum atomic E-state index is -4.63. The monoisotopic (exact) mass is 267 g/mol. The van der Waals surface area contributed by atoms with Gasteiger partial charge in [0.1, 0.15) is 5.75 Å². The Bertz CT molecular complexity index is 456. The van der Waals surface area contributed by atoms with E-state index in [4.69, 9.17) is 0 Å². The number of carboxylic acids is 1. The van der Waals surface area contributed by atoms with E-state index in [1.54, 1.807) is 0 Å². The summed E-state index contributed by atoms with van der Waals surface area (Å²) in [6.45, 7) is -1.70. The van der Waals surface area contributed by atoms with E-state index >= 15 is 0 Å². The molecule has 0 spiro atoms. The van der Waals surface area contributed by atoms with Gasteiger partial charge in [-0.15, -0.1) is 0 Å². The quantitative estimate of drug-likeness (QED) is 0.767. The highest BCUT2D eigenvalue weighted by Crippen LogP contribution is 2.29. The fourth-order valence-electron chi connectivity index (χ4n) is 1.13. The van der Waals surface area contributed by atoms with Crippen LogP contribution in [-0.2, 0) is 0 Å². The predicted molar refractivity (Wildman–Crippen MR) is 48.8 cm³/mol. The van der Waals surface area contributed by atoms with Crippen LogP contribution >= 0.6 is 0 Å². The van der Waals surface area contributed by atoms with Crippen LogP contribution in [0.15, 0.2) is 12.1 Å². The van der Waals surface area contributed by atoms with Gasteiger partial charge in [0.2, 0.25) is 0 Å². The Morgan fingerprint density at radius 2 is 1.94 bits per heavy atom. The molecule has 0 unspecified atom stereocenters. The summed E-state index contributed by atoms with van der Waals surface area (Å²) < 4.78 is 57.7. The molecule has 0 aromatic heterocycles. The van der Waals surface area contributed by atoms with E-state index in [1.807, 2.05) is 0 Å². The maximum absolute atomic E-state index is 13.3. The summed E-state index contributed by atoms with van der Waals surface area (Å²) in [6, 6.07) is 1.19. The molecule has 0 N–H and O–H groups in total. The van der Waals surface area contributed by atoms with Crippen molar-refractivity contribution < 1.29 is 36.9 Å². The molecule has 8 heteroatoms. The molecule has 18 heavy (non-hydrogen) atoms. The van der Waals surface area contributed by atoms with Gasteiger partial charge in [-0.1, -0.05) is 0 Å². The first-order valence-electron chi connectivity index (χ1n) is 4.53. The van der Waals surface area contributed by atoms with Crippen LogP contribution in [0.1, 0.15) is 10.4 Å². The van der Waals surface area contributed by atoms with Crippen molar-refractivity contribution in [3.8, 4) is 11.5 Å². The summed E-state index contributed by atoms with van der Waals surface area (Å²) in [5, 5.41) is 10.6. The molecular formula is C10H7F4O4-. The molecule has 0 bridgehead atoms. The van der Waals surface area contributed by atoms with Crippen molar-refractivity contribution in [2.45, 2.75) is 6.18 Å². The number of alkyl halides is 3. The smallest absolute Gasteiger partial charge is 0.422 e. The first-order chi connectivity index (χ1) is 8.24. The zero-order chi connectivity index (χ0) is 13.9. The lowest BCUT2D eigenvalue weighted by molar-refractivity contribution is -0.255. The summed E-state index contributed by atoms with van der Waals surface area (Å²) >= 11 is 0. The third-order valence-corrected chi connectivity index (χ3v) is 1.87. The van der Waals surface area contributed by atoms with E-state index in [9.17, 15) is 27.5 Å². The van der Waals surface area contributed by atoms with Crippen LogP contribution in [0.2, 0.25) is 0 Å². The molecule has 0 heterocycles. The van der Waals surface area contributed by atoms with Crippen LogP contribution in [0, 0.1) is 5.82 Å². The number of halogens is 4. The molecule has 4 nitrogen and oxygen atoms in total. The number of benzene rings is 1. The van der Waals surface area contributed by atoms with E-state index < -0.39 is 35.9 Å². The van der Waals surface area contributed by atoms with Crippen molar-refractivity contribution >= 4 is 5.97 Å². The fraction of sp³-hybridized carbons (Fsp3) is 0.300. The Kier molecular flexibility index (Phi) is 4.00. The number of carbonyl (C=O) groups excluding carboxylic acids is 1. The van der Waals surface area contributed by atoms with Crippen molar-refractivity contribution in [3.05, 3.63) is 23.5 Å². The summed E-state index contributed by atoms with van der Waals surface area (Å²) in [5.74, 6) is -4.07. The maximum atomic E-state index is 13.3. The lowest BCUT2D eigenvalue weighted by Crippen LogP contribution is -2.23. The van der Waals surface area contributed by atoms with Crippen LogP contribution < -0.4 is 14.6 Å². The molecular weight excluding hydrogens is 260 g/mol. The summed E-state index contributed by atoms with van der Waals surface area (Å²) in [6.07, 6.45) is -4.63. The molecule has 1 aromatic carbocycles. The van der Waals surface area contributed by atoms with Gasteiger partial charge in [-0.3, -0.25) is 0 Å². The third-order valence-electron chi connectivity index (χ3n) is 1.87. The number of carbonyl (C=O) groups is 1. The fourth-order valence-corrected chi connectivity index (χ4v) is 1.13. The van der Waals surface area contributed by atoms with Gasteiger partial charge in [-0.25, -0.2) is 4.39 Å². The molecule has 0 saturated carbocycles. The molecule has 0 amide bonds. The Labute approximate surface area is 98.7 Å². The minimum Gasteiger partial charge on any atom is -0.545 e. The lowest BCUT2D eigenvalue weighted by Gasteiger charge is -2.14. The van der Waals surface area contributed by atoms with Crippen molar-refractivity contribution in [3.63, 3.8) is 0 Å². The highest BCUT2D eigenvalue weighted by atomic mass is 19.4. The van der Waals surface area contributed by atoms with Gasteiger partial charge in [0.25, 0.3) is 0 Å². The predicted octanol–water partition coefficient (Wildman–Crippen LogP) is 1.14. The van der Waals surface area contributed by atoms with Crippen LogP contribution in [-0.4, -0.2) is 25.9 Å². The second-order valence-corrected chi connectivity index (χ2v) is 3.17. The third kappa shape index (κ3) is 3.51. The second-order valence-electron chi connectivity index (χ2n) is 3.17. The topological polar surface area (TPSA) is 58.6 Å². The van der Waals surface area contributed by atoms with Gasteiger partial charge >= 0.3 is 6.18 Å². The van der Waals surface area contributed by atoms with Gasteiger partial charge in [0.15, 0.2) is 18.2 Å². The summed E-state index contributed by atoms with van der Waals surface area (Å²) in [4.78, 5) is 10.6. The minimum absolute atomic E-state index is 0.353. The molecule has 0 fully saturated rings. The lowest BCUT2D eigenvalue weighted by atomic mass is 10.2. The standard InChI is InChI=1S/C10H8F4O4/c1-17-7-3-8(18-4-10(12,13)14)6(11)2-5(7)9(15)16/h2-3H,4H2,1H3,(H,15,16)/p-1. The number of hydrogen-bond acceptors (Lipinski definition) is 4. The normalized spacial score (nSPS) is 11.2. The molecule has 0 radical (unpaired) electrons. The van der Waals surface area contributed by atoms with Gasteiger partial charge in [0, 0.05) is 11.6 Å². The second kappa shape index (κ2) is 5.11. The van der Waals surface area contributed by atoms with Crippen molar-refractivity contribution in [1.82, 2.24) is 0 Å². The van der Waals surface area contributed by atoms with E-state index in [0.29, 0.717) is 12.1 Å². The van der Waals surface area contributed by atoms with Gasteiger partial charge in [0.05, 0.1) is 13.1 Å². The molecule has 1 aromatic rings. The average Bonchev–Trinajstić information content (AvgIpc) is 2.25. The molecule has 0 aliphatic heterocycles. The Balaban J connectivity index is 3.04. The first kappa shape index (κ1) is 14.1. The molecule has 0 aliphatic rings. The SMILES string of the molecule is COc1cc(OCC(F)(F)F)c(F)cc1C(=O)[O-]. The van der Waals surface area contributed by atoms with Crippen LogP contribution in [0.4, 0.5) is 17.6 Å². The average molecular weight is 267 g/mol. The molecule has 0 aliphatic carbocycles. The Hall–Kier alpha value is -1.99. The number of ether oxygens (including phenoxy) is 2. The van der Waals surface area contributed by atoms with Crippen LogP contribution in [0.5, 0.6) is 11.5 Å². The summed E-state index contributed by atoms with van der Waals surface area (Å²) in [7, 11) is 1.08. The maximum Gasteiger partial charge on any atom is 0.422 e. The Morgan fingerprint density at radius 3 is 2.39 bits per heavy atom. The number of rotatable bonds is 4. The largest absolute Gasteiger partial charge is 0.545 e. The van der Waals surface area contributed by atoms with Crippen molar-refractivity contribution in [2.24, 2.45) is 0 Å². The van der Waals surface area contributed by atoms with Gasteiger partial charge < -0.3 is 19.4 Å². The van der Waals surface area contributed by atoms with E-state index in [2.05, 4.69) is 9.47 Å². The highest BCUT2D eigenvalue weighted by Gasteiger charge is 2.29. The number of hydrogen-bond donors (Lipinski definition) is 0. The van der Waals surface area contributed by atoms with Crippen LogP contribution in [0.3, 0.4) is 0 Å². The van der Waals surface area contributed by atoms with Crippen molar-refractivity contribution in [1.29, 1.82) is 0 Å². The Morgan fingerprint density at radius 1 is 1.33 bits per heavy atom. The van der Waals surface area contributed by atoms with E-state index in [0.717, 1.165) is 7.11 Å². The van der Waals surface area contributed by atoms with Crippen molar-refractivity contribution in [2.75, 3.05) is 13.7 Å². The number of aromatic carboxylic acids is 1. The number of methoxy groups -OCH3 is 1. The first-order valence-corrected chi connectivity index (χ1v) is 4.53. The van der Waals surface area contributed by atoms with Crippen LogP contribution in [0.25, 0.3) is 0 Å². The zero-order valence-electron chi connectivity index (χ0n) is 9.01. The molecule has 0 saturated heterocycles.